The molecule has 22 heavy (non-hydrogen) atoms. The topological polar surface area (TPSA) is 65.5 Å². The molecule has 2 N–H and O–H groups in total. The van der Waals surface area contributed by atoms with Gasteiger partial charge in [-0.1, -0.05) is 12.1 Å². The Hall–Kier alpha value is -2.40. The zero-order valence-electron chi connectivity index (χ0n) is 12.5. The molecule has 0 spiro atoms. The molecule has 1 aromatic heterocycles. The largest absolute Gasteiger partial charge is 0.387 e. The van der Waals surface area contributed by atoms with Crippen molar-refractivity contribution < 1.29 is 9.90 Å². The summed E-state index contributed by atoms with van der Waals surface area (Å²) in [5, 5.41) is 13.0. The SMILES string of the molecule is CN1CCc2cc(C(O)CNC(=O)c3ccncc3)ccc21. The molecule has 0 bridgehead atoms. The Kier molecular flexibility index (Phi) is 4.06. The lowest BCUT2D eigenvalue weighted by Crippen LogP contribution is -2.28. The number of pyridine rings is 1. The van der Waals surface area contributed by atoms with Crippen molar-refractivity contribution in [3.63, 3.8) is 0 Å². The monoisotopic (exact) mass is 297 g/mol. The Bertz CT molecular complexity index is 673. The van der Waals surface area contributed by atoms with Gasteiger partial charge in [0, 0.05) is 43.8 Å². The predicted octanol–water partition coefficient (Wildman–Crippen LogP) is 1.54. The molecule has 1 aliphatic rings. The van der Waals surface area contributed by atoms with Gasteiger partial charge in [0.2, 0.25) is 0 Å². The summed E-state index contributed by atoms with van der Waals surface area (Å²) >= 11 is 0. The zero-order valence-corrected chi connectivity index (χ0v) is 12.5. The van der Waals surface area contributed by atoms with Crippen LogP contribution in [0.2, 0.25) is 0 Å². The van der Waals surface area contributed by atoms with Crippen molar-refractivity contribution in [1.82, 2.24) is 10.3 Å². The van der Waals surface area contributed by atoms with E-state index in [-0.39, 0.29) is 12.5 Å². The van der Waals surface area contributed by atoms with Gasteiger partial charge in [0.15, 0.2) is 0 Å². The second-order valence-electron chi connectivity index (χ2n) is 5.52. The van der Waals surface area contributed by atoms with E-state index in [0.717, 1.165) is 18.5 Å². The molecule has 2 aromatic rings. The zero-order chi connectivity index (χ0) is 15.5. The average molecular weight is 297 g/mol. The summed E-state index contributed by atoms with van der Waals surface area (Å²) in [7, 11) is 2.07. The minimum Gasteiger partial charge on any atom is -0.387 e. The van der Waals surface area contributed by atoms with E-state index in [1.165, 1.54) is 11.3 Å². The van der Waals surface area contributed by atoms with Crippen molar-refractivity contribution in [2.24, 2.45) is 0 Å². The van der Waals surface area contributed by atoms with Crippen LogP contribution in [0.4, 0.5) is 5.69 Å². The van der Waals surface area contributed by atoms with Gasteiger partial charge in [-0.2, -0.15) is 0 Å². The number of anilines is 1. The molecule has 1 aliphatic heterocycles. The molecule has 1 amide bonds. The van der Waals surface area contributed by atoms with Crippen LogP contribution < -0.4 is 10.2 Å². The van der Waals surface area contributed by atoms with E-state index in [0.29, 0.717) is 5.56 Å². The van der Waals surface area contributed by atoms with Gasteiger partial charge in [-0.05, 0) is 35.7 Å². The highest BCUT2D eigenvalue weighted by atomic mass is 16.3. The molecule has 114 valence electrons. The Morgan fingerprint density at radius 1 is 1.36 bits per heavy atom. The molecule has 0 radical (unpaired) electrons. The molecular formula is C17H19N3O2. The third-order valence-corrected chi connectivity index (χ3v) is 4.01. The number of likely N-dealkylation sites (N-methyl/N-ethyl adjacent to an activating group) is 1. The average Bonchev–Trinajstić information content (AvgIpc) is 2.93. The lowest BCUT2D eigenvalue weighted by molar-refractivity contribution is 0.0916. The number of nitrogens with one attached hydrogen (secondary N) is 1. The first kappa shape index (κ1) is 14.5. The van der Waals surface area contributed by atoms with Crippen molar-refractivity contribution in [3.05, 3.63) is 59.4 Å². The van der Waals surface area contributed by atoms with Crippen molar-refractivity contribution in [2.75, 3.05) is 25.0 Å². The van der Waals surface area contributed by atoms with Gasteiger partial charge in [0.1, 0.15) is 0 Å². The van der Waals surface area contributed by atoms with Crippen LogP contribution in [0.5, 0.6) is 0 Å². The smallest absolute Gasteiger partial charge is 0.251 e. The van der Waals surface area contributed by atoms with E-state index in [4.69, 9.17) is 0 Å². The van der Waals surface area contributed by atoms with E-state index in [9.17, 15) is 9.90 Å². The number of amides is 1. The van der Waals surface area contributed by atoms with E-state index in [1.807, 2.05) is 18.2 Å². The Morgan fingerprint density at radius 3 is 2.91 bits per heavy atom. The van der Waals surface area contributed by atoms with Gasteiger partial charge >= 0.3 is 0 Å². The number of nitrogens with zero attached hydrogens (tertiary/aromatic N) is 2. The molecule has 1 unspecified atom stereocenters. The molecular weight excluding hydrogens is 278 g/mol. The second kappa shape index (κ2) is 6.15. The molecule has 2 heterocycles. The van der Waals surface area contributed by atoms with Gasteiger partial charge in [0.05, 0.1) is 6.10 Å². The van der Waals surface area contributed by atoms with E-state index >= 15 is 0 Å². The number of rotatable bonds is 4. The fourth-order valence-corrected chi connectivity index (χ4v) is 2.71. The Labute approximate surface area is 129 Å². The third kappa shape index (κ3) is 2.94. The fourth-order valence-electron chi connectivity index (χ4n) is 2.71. The van der Waals surface area contributed by atoms with Crippen LogP contribution in [0.3, 0.4) is 0 Å². The molecule has 3 rings (SSSR count). The van der Waals surface area contributed by atoms with Crippen LogP contribution in [0.25, 0.3) is 0 Å². The van der Waals surface area contributed by atoms with Gasteiger partial charge in [-0.25, -0.2) is 0 Å². The quantitative estimate of drug-likeness (QED) is 0.898. The van der Waals surface area contributed by atoms with E-state index < -0.39 is 6.10 Å². The number of aliphatic hydroxyl groups is 1. The first-order chi connectivity index (χ1) is 10.6. The molecule has 1 aromatic carbocycles. The predicted molar refractivity (Wildman–Crippen MR) is 84.9 cm³/mol. The van der Waals surface area contributed by atoms with E-state index in [2.05, 4.69) is 22.2 Å². The summed E-state index contributed by atoms with van der Waals surface area (Å²) in [5.74, 6) is -0.206. The molecule has 0 fully saturated rings. The van der Waals surface area contributed by atoms with Crippen LogP contribution >= 0.6 is 0 Å². The standard InChI is InChI=1S/C17H19N3O2/c1-20-9-6-13-10-14(2-3-15(13)20)16(21)11-19-17(22)12-4-7-18-8-5-12/h2-5,7-8,10,16,21H,6,9,11H2,1H3,(H,19,22). The number of hydrogen-bond donors (Lipinski definition) is 2. The first-order valence-corrected chi connectivity index (χ1v) is 7.35. The number of benzene rings is 1. The summed E-state index contributed by atoms with van der Waals surface area (Å²) in [5.41, 5.74) is 3.85. The molecule has 5 heteroatoms. The van der Waals surface area contributed by atoms with E-state index in [1.54, 1.807) is 24.5 Å². The summed E-state index contributed by atoms with van der Waals surface area (Å²) < 4.78 is 0. The number of carbonyl (C=O) groups excluding carboxylic acids is 1. The summed E-state index contributed by atoms with van der Waals surface area (Å²) in [4.78, 5) is 18.0. The van der Waals surface area contributed by atoms with Crippen LogP contribution in [0, 0.1) is 0 Å². The number of hydrogen-bond acceptors (Lipinski definition) is 4. The maximum absolute atomic E-state index is 12.0. The fraction of sp³-hybridized carbons (Fsp3) is 0.294. The van der Waals surface area contributed by atoms with Crippen LogP contribution in [0.1, 0.15) is 27.6 Å². The van der Waals surface area contributed by atoms with Gasteiger partial charge in [0.25, 0.3) is 5.91 Å². The molecule has 0 saturated heterocycles. The number of aromatic nitrogens is 1. The van der Waals surface area contributed by atoms with Crippen molar-refractivity contribution in [3.8, 4) is 0 Å². The molecule has 1 atom stereocenters. The van der Waals surface area contributed by atoms with Crippen molar-refractivity contribution in [1.29, 1.82) is 0 Å². The highest BCUT2D eigenvalue weighted by Crippen LogP contribution is 2.29. The summed E-state index contributed by atoms with van der Waals surface area (Å²) in [6.07, 6.45) is 3.43. The van der Waals surface area contributed by atoms with Crippen molar-refractivity contribution in [2.45, 2.75) is 12.5 Å². The minimum atomic E-state index is -0.706. The Balaban J connectivity index is 1.63. The molecule has 5 nitrogen and oxygen atoms in total. The van der Waals surface area contributed by atoms with Crippen molar-refractivity contribution >= 4 is 11.6 Å². The molecule has 0 saturated carbocycles. The van der Waals surface area contributed by atoms with Gasteiger partial charge < -0.3 is 15.3 Å². The highest BCUT2D eigenvalue weighted by molar-refractivity contribution is 5.93. The number of aliphatic hydroxyl groups excluding tert-OH is 1. The lowest BCUT2D eigenvalue weighted by atomic mass is 10.0. The van der Waals surface area contributed by atoms with Crippen LogP contribution in [-0.4, -0.2) is 36.1 Å². The maximum atomic E-state index is 12.0. The van der Waals surface area contributed by atoms with Gasteiger partial charge in [-0.15, -0.1) is 0 Å². The second-order valence-corrected chi connectivity index (χ2v) is 5.52. The number of carbonyl (C=O) groups is 1. The summed E-state index contributed by atoms with van der Waals surface area (Å²) in [6.45, 7) is 1.20. The van der Waals surface area contributed by atoms with Crippen LogP contribution in [-0.2, 0) is 6.42 Å². The normalized spacial score (nSPS) is 14.5. The molecule has 0 aliphatic carbocycles. The third-order valence-electron chi connectivity index (χ3n) is 4.01. The maximum Gasteiger partial charge on any atom is 0.251 e. The minimum absolute atomic E-state index is 0.190. The highest BCUT2D eigenvalue weighted by Gasteiger charge is 2.18. The number of fused-ring (bicyclic) bond motifs is 1. The van der Waals surface area contributed by atoms with Gasteiger partial charge in [-0.3, -0.25) is 9.78 Å². The summed E-state index contributed by atoms with van der Waals surface area (Å²) in [6, 6.07) is 9.28. The van der Waals surface area contributed by atoms with Crippen LogP contribution in [0.15, 0.2) is 42.7 Å². The first-order valence-electron chi connectivity index (χ1n) is 7.35. The Morgan fingerprint density at radius 2 is 2.14 bits per heavy atom. The lowest BCUT2D eigenvalue weighted by Gasteiger charge is -2.15.